The number of nitrogens with zero attached hydrogens (tertiary/aromatic N) is 2. The molecule has 3 rings (SSSR count). The van der Waals surface area contributed by atoms with Crippen LogP contribution in [0.2, 0.25) is 0 Å². The molecule has 1 aliphatic rings. The number of oxime groups is 1. The molecule has 0 saturated carbocycles. The molecule has 0 amide bonds. The molecule has 0 unspecified atom stereocenters. The standard InChI is InChI=1S/C15H15N3O/c16-10-14-9-15(18-19-14)13-3-1-11(2-4-13)12-5-7-17-8-6-12/h1-8,14H,9-10,16H2/t14-/m1/s1. The smallest absolute Gasteiger partial charge is 0.145 e. The van der Waals surface area contributed by atoms with E-state index in [4.69, 9.17) is 10.6 Å². The third-order valence-electron chi connectivity index (χ3n) is 3.23. The predicted molar refractivity (Wildman–Crippen MR) is 74.8 cm³/mol. The van der Waals surface area contributed by atoms with E-state index in [9.17, 15) is 0 Å². The SMILES string of the molecule is NC[C@H]1CC(c2ccc(-c3ccncc3)cc2)=NO1. The minimum absolute atomic E-state index is 0.0230. The summed E-state index contributed by atoms with van der Waals surface area (Å²) in [6.45, 7) is 0.502. The van der Waals surface area contributed by atoms with Crippen LogP contribution in [-0.4, -0.2) is 23.3 Å². The Morgan fingerprint density at radius 1 is 1.00 bits per heavy atom. The Labute approximate surface area is 111 Å². The van der Waals surface area contributed by atoms with E-state index in [1.165, 1.54) is 5.56 Å². The fraction of sp³-hybridized carbons (Fsp3) is 0.200. The molecule has 0 saturated heterocycles. The molecular formula is C15H15N3O. The van der Waals surface area contributed by atoms with Gasteiger partial charge in [0.05, 0.1) is 5.71 Å². The van der Waals surface area contributed by atoms with E-state index < -0.39 is 0 Å². The van der Waals surface area contributed by atoms with Crippen molar-refractivity contribution < 1.29 is 4.84 Å². The van der Waals surface area contributed by atoms with Crippen molar-refractivity contribution in [2.45, 2.75) is 12.5 Å². The molecular weight excluding hydrogens is 238 g/mol. The maximum absolute atomic E-state index is 5.57. The van der Waals surface area contributed by atoms with E-state index in [0.717, 1.165) is 23.3 Å². The van der Waals surface area contributed by atoms with Gasteiger partial charge < -0.3 is 10.6 Å². The quantitative estimate of drug-likeness (QED) is 0.912. The maximum Gasteiger partial charge on any atom is 0.145 e. The summed E-state index contributed by atoms with van der Waals surface area (Å²) in [5, 5.41) is 4.09. The van der Waals surface area contributed by atoms with Crippen molar-refractivity contribution in [1.82, 2.24) is 4.98 Å². The highest BCUT2D eigenvalue weighted by Crippen LogP contribution is 2.21. The first-order valence-corrected chi connectivity index (χ1v) is 6.30. The predicted octanol–water partition coefficient (Wildman–Crippen LogP) is 2.20. The van der Waals surface area contributed by atoms with Gasteiger partial charge in [-0.25, -0.2) is 0 Å². The van der Waals surface area contributed by atoms with Crippen LogP contribution in [0.15, 0.2) is 53.9 Å². The van der Waals surface area contributed by atoms with E-state index >= 15 is 0 Å². The molecule has 0 aliphatic carbocycles. The molecule has 2 N–H and O–H groups in total. The number of hydrogen-bond donors (Lipinski definition) is 1. The van der Waals surface area contributed by atoms with Gasteiger partial charge in [-0.1, -0.05) is 29.4 Å². The van der Waals surface area contributed by atoms with Crippen molar-refractivity contribution in [3.05, 3.63) is 54.4 Å². The lowest BCUT2D eigenvalue weighted by molar-refractivity contribution is 0.0918. The summed E-state index contributed by atoms with van der Waals surface area (Å²) in [5.41, 5.74) is 9.96. The third kappa shape index (κ3) is 2.48. The Hall–Kier alpha value is -2.20. The second-order valence-corrected chi connectivity index (χ2v) is 4.52. The summed E-state index contributed by atoms with van der Waals surface area (Å²) in [6, 6.07) is 12.3. The lowest BCUT2D eigenvalue weighted by Gasteiger charge is -2.04. The topological polar surface area (TPSA) is 60.5 Å². The van der Waals surface area contributed by atoms with Gasteiger partial charge in [-0.2, -0.15) is 0 Å². The molecule has 2 heterocycles. The molecule has 19 heavy (non-hydrogen) atoms. The van der Waals surface area contributed by atoms with Gasteiger partial charge in [0.1, 0.15) is 6.10 Å². The first-order valence-electron chi connectivity index (χ1n) is 6.30. The van der Waals surface area contributed by atoms with Crippen LogP contribution in [0.3, 0.4) is 0 Å². The monoisotopic (exact) mass is 253 g/mol. The van der Waals surface area contributed by atoms with E-state index in [1.54, 1.807) is 12.4 Å². The highest BCUT2D eigenvalue weighted by atomic mass is 16.6. The lowest BCUT2D eigenvalue weighted by atomic mass is 10.0. The summed E-state index contributed by atoms with van der Waals surface area (Å²) in [4.78, 5) is 9.26. The number of rotatable bonds is 3. The number of aromatic nitrogens is 1. The fourth-order valence-corrected chi connectivity index (χ4v) is 2.12. The first-order chi connectivity index (χ1) is 9.36. The van der Waals surface area contributed by atoms with Crippen LogP contribution in [0.5, 0.6) is 0 Å². The molecule has 0 fully saturated rings. The lowest BCUT2D eigenvalue weighted by Crippen LogP contribution is -2.20. The molecule has 0 spiro atoms. The Morgan fingerprint density at radius 2 is 1.63 bits per heavy atom. The fourth-order valence-electron chi connectivity index (χ4n) is 2.12. The second-order valence-electron chi connectivity index (χ2n) is 4.52. The van der Waals surface area contributed by atoms with Gasteiger partial charge in [0.15, 0.2) is 0 Å². The van der Waals surface area contributed by atoms with E-state index in [-0.39, 0.29) is 6.10 Å². The molecule has 1 aromatic heterocycles. The van der Waals surface area contributed by atoms with Crippen molar-refractivity contribution in [3.63, 3.8) is 0 Å². The van der Waals surface area contributed by atoms with E-state index in [2.05, 4.69) is 34.4 Å². The number of pyridine rings is 1. The Balaban J connectivity index is 1.80. The summed E-state index contributed by atoms with van der Waals surface area (Å²) in [6.07, 6.45) is 4.40. The normalized spacial score (nSPS) is 17.9. The number of hydrogen-bond acceptors (Lipinski definition) is 4. The van der Waals surface area contributed by atoms with Gasteiger partial charge in [-0.15, -0.1) is 0 Å². The van der Waals surface area contributed by atoms with Crippen LogP contribution >= 0.6 is 0 Å². The van der Waals surface area contributed by atoms with Gasteiger partial charge in [-0.3, -0.25) is 4.98 Å². The van der Waals surface area contributed by atoms with Crippen LogP contribution in [0.25, 0.3) is 11.1 Å². The Morgan fingerprint density at radius 3 is 2.26 bits per heavy atom. The van der Waals surface area contributed by atoms with E-state index in [1.807, 2.05) is 12.1 Å². The molecule has 4 nitrogen and oxygen atoms in total. The van der Waals surface area contributed by atoms with Crippen LogP contribution in [0.1, 0.15) is 12.0 Å². The summed E-state index contributed by atoms with van der Waals surface area (Å²) in [5.74, 6) is 0. The van der Waals surface area contributed by atoms with Crippen LogP contribution in [-0.2, 0) is 4.84 Å². The minimum Gasteiger partial charge on any atom is -0.390 e. The summed E-state index contributed by atoms with van der Waals surface area (Å²) < 4.78 is 0. The van der Waals surface area contributed by atoms with Crippen molar-refractivity contribution in [2.75, 3.05) is 6.54 Å². The highest BCUT2D eigenvalue weighted by molar-refractivity contribution is 6.01. The molecule has 96 valence electrons. The minimum atomic E-state index is 0.0230. The maximum atomic E-state index is 5.57. The Bertz CT molecular complexity index is 578. The zero-order chi connectivity index (χ0) is 13.1. The molecule has 4 heteroatoms. The van der Waals surface area contributed by atoms with Gasteiger partial charge in [-0.05, 0) is 28.8 Å². The third-order valence-corrected chi connectivity index (χ3v) is 3.23. The van der Waals surface area contributed by atoms with Crippen LogP contribution in [0.4, 0.5) is 0 Å². The van der Waals surface area contributed by atoms with Crippen LogP contribution in [0, 0.1) is 0 Å². The molecule has 1 atom stereocenters. The van der Waals surface area contributed by atoms with Crippen molar-refractivity contribution >= 4 is 5.71 Å². The van der Waals surface area contributed by atoms with Gasteiger partial charge in [0, 0.05) is 25.4 Å². The molecule has 1 aliphatic heterocycles. The molecule has 0 bridgehead atoms. The van der Waals surface area contributed by atoms with Crippen molar-refractivity contribution in [3.8, 4) is 11.1 Å². The van der Waals surface area contributed by atoms with Crippen molar-refractivity contribution in [2.24, 2.45) is 10.9 Å². The molecule has 0 radical (unpaired) electrons. The second kappa shape index (κ2) is 5.20. The van der Waals surface area contributed by atoms with Crippen molar-refractivity contribution in [1.29, 1.82) is 0 Å². The molecule has 1 aromatic carbocycles. The van der Waals surface area contributed by atoms with Crippen LogP contribution < -0.4 is 5.73 Å². The average Bonchev–Trinajstić information content (AvgIpc) is 2.97. The first kappa shape index (κ1) is 11.9. The van der Waals surface area contributed by atoms with E-state index in [0.29, 0.717) is 6.54 Å². The largest absolute Gasteiger partial charge is 0.390 e. The zero-order valence-corrected chi connectivity index (χ0v) is 10.5. The number of benzene rings is 1. The summed E-state index contributed by atoms with van der Waals surface area (Å²) in [7, 11) is 0. The van der Waals surface area contributed by atoms with Gasteiger partial charge >= 0.3 is 0 Å². The zero-order valence-electron chi connectivity index (χ0n) is 10.5. The van der Waals surface area contributed by atoms with Gasteiger partial charge in [0.25, 0.3) is 0 Å². The summed E-state index contributed by atoms with van der Waals surface area (Å²) >= 11 is 0. The highest BCUT2D eigenvalue weighted by Gasteiger charge is 2.20. The Kier molecular flexibility index (Phi) is 3.25. The molecule has 2 aromatic rings. The average molecular weight is 253 g/mol. The number of nitrogens with two attached hydrogens (primary N) is 1. The van der Waals surface area contributed by atoms with Gasteiger partial charge in [0.2, 0.25) is 0 Å².